The van der Waals surface area contributed by atoms with Crippen molar-refractivity contribution in [3.8, 4) is 0 Å². The van der Waals surface area contributed by atoms with Crippen molar-refractivity contribution >= 4 is 7.48 Å². The predicted molar refractivity (Wildman–Crippen MR) is 47.0 cm³/mol. The first-order valence-electron chi connectivity index (χ1n) is 3.06. The maximum atomic E-state index is 8.68. The molecule has 0 aromatic rings. The fourth-order valence-corrected chi connectivity index (χ4v) is 0.504. The Morgan fingerprint density at radius 1 is 1.30 bits per heavy atom. The van der Waals surface area contributed by atoms with Gasteiger partial charge in [0.05, 0.1) is 0 Å². The van der Waals surface area contributed by atoms with E-state index in [1.807, 2.05) is 0 Å². The van der Waals surface area contributed by atoms with Crippen LogP contribution in [-0.4, -0.2) is 12.5 Å². The van der Waals surface area contributed by atoms with Crippen LogP contribution in [0.25, 0.3) is 0 Å². The first-order chi connectivity index (χ1) is 4.85. The summed E-state index contributed by atoms with van der Waals surface area (Å²) in [6, 6.07) is 0. The standard InChI is InChI=1S/C8H11BO/c1-3-5-7-8(9-10)6-4-2/h3-7,9-10H,1-2H2/b7-5-,8-6+. The van der Waals surface area contributed by atoms with Crippen LogP contribution in [0, 0.1) is 0 Å². The van der Waals surface area contributed by atoms with Crippen molar-refractivity contribution in [1.29, 1.82) is 0 Å². The van der Waals surface area contributed by atoms with E-state index in [0.717, 1.165) is 5.47 Å². The number of hydrogen-bond donors (Lipinski definition) is 1. The van der Waals surface area contributed by atoms with Crippen molar-refractivity contribution in [2.24, 2.45) is 0 Å². The fourth-order valence-electron chi connectivity index (χ4n) is 0.504. The highest BCUT2D eigenvalue weighted by molar-refractivity contribution is 6.37. The summed E-state index contributed by atoms with van der Waals surface area (Å²) >= 11 is 0. The average molecular weight is 134 g/mol. The summed E-state index contributed by atoms with van der Waals surface area (Å²) in [4.78, 5) is 0. The summed E-state index contributed by atoms with van der Waals surface area (Å²) in [7, 11) is 0.0381. The lowest BCUT2D eigenvalue weighted by Gasteiger charge is -1.88. The normalized spacial score (nSPS) is 11.5. The van der Waals surface area contributed by atoms with Gasteiger partial charge in [-0.2, -0.15) is 0 Å². The van der Waals surface area contributed by atoms with Crippen LogP contribution in [0.2, 0.25) is 0 Å². The van der Waals surface area contributed by atoms with Crippen LogP contribution in [0.1, 0.15) is 0 Å². The Bertz CT molecular complexity index is 168. The van der Waals surface area contributed by atoms with Crippen molar-refractivity contribution in [1.82, 2.24) is 0 Å². The molecule has 0 saturated heterocycles. The lowest BCUT2D eigenvalue weighted by Crippen LogP contribution is -1.89. The van der Waals surface area contributed by atoms with E-state index in [2.05, 4.69) is 13.2 Å². The van der Waals surface area contributed by atoms with Crippen LogP contribution in [0.15, 0.2) is 49.0 Å². The summed E-state index contributed by atoms with van der Waals surface area (Å²) < 4.78 is 0. The van der Waals surface area contributed by atoms with Crippen molar-refractivity contribution < 1.29 is 5.02 Å². The number of hydrogen-bond acceptors (Lipinski definition) is 1. The molecule has 0 unspecified atom stereocenters. The molecule has 0 aliphatic carbocycles. The second kappa shape index (κ2) is 6.11. The summed E-state index contributed by atoms with van der Waals surface area (Å²) in [5.41, 5.74) is 0.829. The highest BCUT2D eigenvalue weighted by atomic mass is 16.2. The van der Waals surface area contributed by atoms with Gasteiger partial charge in [-0.3, -0.25) is 0 Å². The van der Waals surface area contributed by atoms with E-state index in [9.17, 15) is 0 Å². The number of allylic oxidation sites excluding steroid dienone is 6. The van der Waals surface area contributed by atoms with Crippen LogP contribution in [0.3, 0.4) is 0 Å². The molecule has 1 N–H and O–H groups in total. The Morgan fingerprint density at radius 2 is 2.00 bits per heavy atom. The van der Waals surface area contributed by atoms with Gasteiger partial charge in [0.25, 0.3) is 0 Å². The van der Waals surface area contributed by atoms with Gasteiger partial charge in [0.2, 0.25) is 0 Å². The quantitative estimate of drug-likeness (QED) is 0.451. The average Bonchev–Trinajstić information content (AvgIpc) is 1.98. The van der Waals surface area contributed by atoms with Crippen molar-refractivity contribution in [2.75, 3.05) is 0 Å². The molecule has 52 valence electrons. The molecule has 0 bridgehead atoms. The Balaban J connectivity index is 4.06. The molecular formula is C8H11BO. The van der Waals surface area contributed by atoms with Crippen LogP contribution < -0.4 is 0 Å². The zero-order valence-corrected chi connectivity index (χ0v) is 5.96. The summed E-state index contributed by atoms with van der Waals surface area (Å²) in [5.74, 6) is 0. The summed E-state index contributed by atoms with van der Waals surface area (Å²) in [5, 5.41) is 8.68. The Labute approximate surface area is 62.4 Å². The topological polar surface area (TPSA) is 20.2 Å². The minimum Gasteiger partial charge on any atom is -0.449 e. The van der Waals surface area contributed by atoms with Gasteiger partial charge in [0.15, 0.2) is 0 Å². The maximum absolute atomic E-state index is 8.68. The third-order valence-electron chi connectivity index (χ3n) is 0.961. The SMILES string of the molecule is C=C/C=C\C(BO)=C/C=C. The van der Waals surface area contributed by atoms with Gasteiger partial charge in [-0.25, -0.2) is 0 Å². The van der Waals surface area contributed by atoms with E-state index in [1.165, 1.54) is 0 Å². The van der Waals surface area contributed by atoms with Crippen LogP contribution in [0.5, 0.6) is 0 Å². The Kier molecular flexibility index (Phi) is 5.49. The molecule has 0 rings (SSSR count). The van der Waals surface area contributed by atoms with E-state index in [1.54, 1.807) is 30.4 Å². The molecule has 0 amide bonds. The third-order valence-corrected chi connectivity index (χ3v) is 0.961. The van der Waals surface area contributed by atoms with E-state index < -0.39 is 0 Å². The molecule has 0 spiro atoms. The van der Waals surface area contributed by atoms with Crippen LogP contribution >= 0.6 is 0 Å². The largest absolute Gasteiger partial charge is 0.449 e. The molecule has 1 nitrogen and oxygen atoms in total. The molecule has 0 fully saturated rings. The third kappa shape index (κ3) is 3.92. The summed E-state index contributed by atoms with van der Waals surface area (Å²) in [6.07, 6.45) is 8.60. The minimum absolute atomic E-state index is 0.0381. The first kappa shape index (κ1) is 8.98. The highest BCUT2D eigenvalue weighted by Gasteiger charge is 1.86. The van der Waals surface area contributed by atoms with Gasteiger partial charge in [0.1, 0.15) is 0 Å². The first-order valence-corrected chi connectivity index (χ1v) is 3.06. The summed E-state index contributed by atoms with van der Waals surface area (Å²) in [6.45, 7) is 7.01. The van der Waals surface area contributed by atoms with Gasteiger partial charge < -0.3 is 5.02 Å². The minimum atomic E-state index is 0.0381. The molecule has 0 saturated carbocycles. The highest BCUT2D eigenvalue weighted by Crippen LogP contribution is 1.92. The van der Waals surface area contributed by atoms with Crippen LogP contribution in [-0.2, 0) is 0 Å². The van der Waals surface area contributed by atoms with Gasteiger partial charge >= 0.3 is 7.48 Å². The zero-order valence-electron chi connectivity index (χ0n) is 5.96. The molecule has 0 aliphatic rings. The van der Waals surface area contributed by atoms with E-state index >= 15 is 0 Å². The molecule has 0 aromatic carbocycles. The molecular weight excluding hydrogens is 123 g/mol. The second-order valence-electron chi connectivity index (χ2n) is 1.73. The van der Waals surface area contributed by atoms with Gasteiger partial charge in [-0.05, 0) is 0 Å². The van der Waals surface area contributed by atoms with Gasteiger partial charge in [-0.1, -0.05) is 49.0 Å². The van der Waals surface area contributed by atoms with Crippen molar-refractivity contribution in [3.05, 3.63) is 49.0 Å². The molecule has 0 radical (unpaired) electrons. The van der Waals surface area contributed by atoms with Gasteiger partial charge in [-0.15, -0.1) is 0 Å². The fraction of sp³-hybridized carbons (Fsp3) is 0. The lowest BCUT2D eigenvalue weighted by atomic mass is 9.87. The van der Waals surface area contributed by atoms with Crippen molar-refractivity contribution in [2.45, 2.75) is 0 Å². The molecule has 2 heteroatoms. The molecule has 0 atom stereocenters. The Hall–Kier alpha value is -1.02. The smallest absolute Gasteiger partial charge is 0.304 e. The van der Waals surface area contributed by atoms with Gasteiger partial charge in [0, 0.05) is 0 Å². The molecule has 0 heterocycles. The predicted octanol–water partition coefficient (Wildman–Crippen LogP) is 1.14. The zero-order chi connectivity index (χ0) is 7.82. The Morgan fingerprint density at radius 3 is 2.40 bits per heavy atom. The molecule has 0 aromatic heterocycles. The van der Waals surface area contributed by atoms with E-state index in [-0.39, 0.29) is 7.48 Å². The number of rotatable bonds is 4. The second-order valence-corrected chi connectivity index (χ2v) is 1.73. The molecule has 10 heavy (non-hydrogen) atoms. The monoisotopic (exact) mass is 134 g/mol. The molecule has 0 aliphatic heterocycles. The maximum Gasteiger partial charge on any atom is 0.304 e. The van der Waals surface area contributed by atoms with Crippen molar-refractivity contribution in [3.63, 3.8) is 0 Å². The lowest BCUT2D eigenvalue weighted by molar-refractivity contribution is 0.612. The van der Waals surface area contributed by atoms with Crippen LogP contribution in [0.4, 0.5) is 0 Å². The van der Waals surface area contributed by atoms with E-state index in [0.29, 0.717) is 0 Å². The van der Waals surface area contributed by atoms with E-state index in [4.69, 9.17) is 5.02 Å².